The van der Waals surface area contributed by atoms with E-state index in [2.05, 4.69) is 4.98 Å². The molecule has 1 fully saturated rings. The first-order chi connectivity index (χ1) is 13.3. The highest BCUT2D eigenvalue weighted by molar-refractivity contribution is 5.99. The van der Waals surface area contributed by atoms with Gasteiger partial charge in [-0.1, -0.05) is 18.2 Å². The molecule has 2 aromatic carbocycles. The van der Waals surface area contributed by atoms with Gasteiger partial charge in [0.2, 0.25) is 0 Å². The number of ketones is 1. The molecule has 4 rings (SSSR count). The van der Waals surface area contributed by atoms with Gasteiger partial charge in [-0.15, -0.1) is 0 Å². The SMILES string of the molecule is O=C(c1ccc(OCc2ccc(OCc3ccccn3)cc2)cc1)C1CC1. The number of hydrogen-bond donors (Lipinski definition) is 0. The summed E-state index contributed by atoms with van der Waals surface area (Å²) in [7, 11) is 0. The van der Waals surface area contributed by atoms with Gasteiger partial charge in [0.05, 0.1) is 5.69 Å². The Morgan fingerprint density at radius 3 is 2.15 bits per heavy atom. The van der Waals surface area contributed by atoms with Crippen LogP contribution in [0.25, 0.3) is 0 Å². The third-order valence-corrected chi connectivity index (χ3v) is 4.53. The van der Waals surface area contributed by atoms with Crippen molar-refractivity contribution in [2.75, 3.05) is 0 Å². The summed E-state index contributed by atoms with van der Waals surface area (Å²) in [5.74, 6) is 2.06. The first-order valence-electron chi connectivity index (χ1n) is 9.17. The lowest BCUT2D eigenvalue weighted by atomic mass is 10.1. The third-order valence-electron chi connectivity index (χ3n) is 4.53. The molecule has 1 aromatic heterocycles. The number of aromatic nitrogens is 1. The Morgan fingerprint density at radius 1 is 0.852 bits per heavy atom. The van der Waals surface area contributed by atoms with E-state index in [0.29, 0.717) is 13.2 Å². The zero-order chi connectivity index (χ0) is 18.5. The first kappa shape index (κ1) is 17.3. The predicted molar refractivity (Wildman–Crippen MR) is 103 cm³/mol. The Kier molecular flexibility index (Phi) is 5.15. The molecule has 0 saturated heterocycles. The van der Waals surface area contributed by atoms with Gasteiger partial charge in [-0.25, -0.2) is 0 Å². The van der Waals surface area contributed by atoms with Crippen LogP contribution in [0.5, 0.6) is 11.5 Å². The summed E-state index contributed by atoms with van der Waals surface area (Å²) >= 11 is 0. The molecule has 0 atom stereocenters. The van der Waals surface area contributed by atoms with Gasteiger partial charge in [0.1, 0.15) is 24.7 Å². The van der Waals surface area contributed by atoms with Gasteiger partial charge in [0, 0.05) is 17.7 Å². The van der Waals surface area contributed by atoms with E-state index in [1.807, 2.05) is 66.7 Å². The summed E-state index contributed by atoms with van der Waals surface area (Å²) in [4.78, 5) is 16.3. The van der Waals surface area contributed by atoms with Crippen molar-refractivity contribution in [3.8, 4) is 11.5 Å². The Hall–Kier alpha value is -3.14. The lowest BCUT2D eigenvalue weighted by Crippen LogP contribution is -2.01. The van der Waals surface area contributed by atoms with E-state index >= 15 is 0 Å². The fraction of sp³-hybridized carbons (Fsp3) is 0.217. The van der Waals surface area contributed by atoms with Gasteiger partial charge in [0.15, 0.2) is 5.78 Å². The van der Waals surface area contributed by atoms with Crippen molar-refractivity contribution >= 4 is 5.78 Å². The monoisotopic (exact) mass is 359 g/mol. The maximum Gasteiger partial charge on any atom is 0.165 e. The number of carbonyl (C=O) groups is 1. The fourth-order valence-electron chi connectivity index (χ4n) is 2.79. The maximum absolute atomic E-state index is 12.0. The molecule has 0 spiro atoms. The molecule has 1 aliphatic rings. The summed E-state index contributed by atoms with van der Waals surface area (Å²) < 4.78 is 11.5. The van der Waals surface area contributed by atoms with Crippen molar-refractivity contribution in [2.45, 2.75) is 26.1 Å². The van der Waals surface area contributed by atoms with Crippen LogP contribution in [0.1, 0.15) is 34.5 Å². The van der Waals surface area contributed by atoms with Crippen LogP contribution in [0.4, 0.5) is 0 Å². The molecule has 0 unspecified atom stereocenters. The number of ether oxygens (including phenoxy) is 2. The Bertz CT molecular complexity index is 885. The summed E-state index contributed by atoms with van der Waals surface area (Å²) in [5.41, 5.74) is 2.73. The van der Waals surface area contributed by atoms with E-state index in [1.165, 1.54) is 0 Å². The summed E-state index contributed by atoms with van der Waals surface area (Å²) in [5, 5.41) is 0. The summed E-state index contributed by atoms with van der Waals surface area (Å²) in [6, 6.07) is 21.0. The second-order valence-corrected chi connectivity index (χ2v) is 6.71. The highest BCUT2D eigenvalue weighted by Crippen LogP contribution is 2.32. The van der Waals surface area contributed by atoms with Crippen molar-refractivity contribution in [3.63, 3.8) is 0 Å². The van der Waals surface area contributed by atoms with Crippen LogP contribution in [0, 0.1) is 5.92 Å². The zero-order valence-electron chi connectivity index (χ0n) is 15.0. The highest BCUT2D eigenvalue weighted by Gasteiger charge is 2.30. The van der Waals surface area contributed by atoms with Crippen LogP contribution in [0.3, 0.4) is 0 Å². The lowest BCUT2D eigenvalue weighted by Gasteiger charge is -2.09. The molecule has 0 radical (unpaired) electrons. The molecule has 4 nitrogen and oxygen atoms in total. The number of hydrogen-bond acceptors (Lipinski definition) is 4. The summed E-state index contributed by atoms with van der Waals surface area (Å²) in [6.45, 7) is 0.916. The molecule has 0 N–H and O–H groups in total. The quantitative estimate of drug-likeness (QED) is 0.540. The van der Waals surface area contributed by atoms with Crippen LogP contribution >= 0.6 is 0 Å². The van der Waals surface area contributed by atoms with E-state index in [-0.39, 0.29) is 11.7 Å². The van der Waals surface area contributed by atoms with Crippen molar-refractivity contribution in [2.24, 2.45) is 5.92 Å². The van der Waals surface area contributed by atoms with Crippen molar-refractivity contribution < 1.29 is 14.3 Å². The fourth-order valence-corrected chi connectivity index (χ4v) is 2.79. The minimum atomic E-state index is 0.246. The Morgan fingerprint density at radius 2 is 1.52 bits per heavy atom. The second-order valence-electron chi connectivity index (χ2n) is 6.71. The number of nitrogens with zero attached hydrogens (tertiary/aromatic N) is 1. The molecular weight excluding hydrogens is 338 g/mol. The topological polar surface area (TPSA) is 48.4 Å². The lowest BCUT2D eigenvalue weighted by molar-refractivity contribution is 0.0967. The first-order valence-corrected chi connectivity index (χ1v) is 9.17. The van der Waals surface area contributed by atoms with Crippen molar-refractivity contribution in [1.29, 1.82) is 0 Å². The Labute approximate surface area is 158 Å². The molecule has 27 heavy (non-hydrogen) atoms. The summed E-state index contributed by atoms with van der Waals surface area (Å²) in [6.07, 6.45) is 3.81. The van der Waals surface area contributed by atoms with Gasteiger partial charge >= 0.3 is 0 Å². The number of benzene rings is 2. The van der Waals surface area contributed by atoms with Crippen LogP contribution in [-0.4, -0.2) is 10.8 Å². The van der Waals surface area contributed by atoms with Gasteiger partial charge in [-0.05, 0) is 66.9 Å². The molecule has 3 aromatic rings. The largest absolute Gasteiger partial charge is 0.489 e. The minimum Gasteiger partial charge on any atom is -0.489 e. The molecule has 1 heterocycles. The number of rotatable bonds is 8. The normalized spacial score (nSPS) is 13.2. The van der Waals surface area contributed by atoms with E-state index < -0.39 is 0 Å². The van der Waals surface area contributed by atoms with Gasteiger partial charge in [-0.3, -0.25) is 9.78 Å². The zero-order valence-corrected chi connectivity index (χ0v) is 15.0. The van der Waals surface area contributed by atoms with E-state index in [1.54, 1.807) is 6.20 Å². The molecule has 0 amide bonds. The van der Waals surface area contributed by atoms with Crippen LogP contribution in [-0.2, 0) is 13.2 Å². The van der Waals surface area contributed by atoms with Gasteiger partial charge < -0.3 is 9.47 Å². The van der Waals surface area contributed by atoms with E-state index in [4.69, 9.17) is 9.47 Å². The van der Waals surface area contributed by atoms with Crippen molar-refractivity contribution in [1.82, 2.24) is 4.98 Å². The highest BCUT2D eigenvalue weighted by atomic mass is 16.5. The molecule has 1 saturated carbocycles. The maximum atomic E-state index is 12.0. The molecule has 0 aliphatic heterocycles. The van der Waals surface area contributed by atoms with Gasteiger partial charge in [-0.2, -0.15) is 0 Å². The Balaban J connectivity index is 1.27. The predicted octanol–water partition coefficient (Wildman–Crippen LogP) is 4.83. The second kappa shape index (κ2) is 8.04. The number of carbonyl (C=O) groups excluding carboxylic acids is 1. The van der Waals surface area contributed by atoms with E-state index in [0.717, 1.165) is 41.2 Å². The molecule has 0 bridgehead atoms. The average molecular weight is 359 g/mol. The van der Waals surface area contributed by atoms with E-state index in [9.17, 15) is 4.79 Å². The van der Waals surface area contributed by atoms with Crippen LogP contribution in [0.15, 0.2) is 72.9 Å². The average Bonchev–Trinajstić information content (AvgIpc) is 3.57. The standard InChI is InChI=1S/C23H21NO3/c25-23(18-6-7-18)19-8-12-22(13-9-19)26-15-17-4-10-21(11-5-17)27-16-20-3-1-2-14-24-20/h1-5,8-14,18H,6-7,15-16H2. The van der Waals surface area contributed by atoms with Crippen molar-refractivity contribution in [3.05, 3.63) is 89.7 Å². The van der Waals surface area contributed by atoms with Crippen LogP contribution in [0.2, 0.25) is 0 Å². The smallest absolute Gasteiger partial charge is 0.165 e. The molecular formula is C23H21NO3. The molecule has 1 aliphatic carbocycles. The van der Waals surface area contributed by atoms with Crippen LogP contribution < -0.4 is 9.47 Å². The van der Waals surface area contributed by atoms with Gasteiger partial charge in [0.25, 0.3) is 0 Å². The molecule has 4 heteroatoms. The number of Topliss-reactive ketones (excluding diaryl/α,β-unsaturated/α-hetero) is 1. The third kappa shape index (κ3) is 4.73. The molecule has 136 valence electrons. The minimum absolute atomic E-state index is 0.246. The number of pyridine rings is 1.